The summed E-state index contributed by atoms with van der Waals surface area (Å²) in [7, 11) is 0. The molecule has 0 radical (unpaired) electrons. The minimum Gasteiger partial charge on any atom is -0.393 e. The molecule has 0 bridgehead atoms. The molecule has 2 aromatic rings. The molecule has 0 aromatic carbocycles. The molecule has 2 aliphatic rings. The lowest BCUT2D eigenvalue weighted by Crippen LogP contribution is -2.50. The van der Waals surface area contributed by atoms with Gasteiger partial charge in [-0.1, -0.05) is 18.6 Å². The standard InChI is InChI=1S/C23H32N2O5/c1-13(9-20-24-11-17-6-4-5-7-25(17)20)8-18-22(28)21(27)16(12-29-18)10-19-23(30-19)14(2)15(3)26/h4-7,9,11,14-16,18-19,21-23,26-28H,8,10,12H2,1-3H3/b13-9+/t14-,15-,16-,18-,19-,21+,22-,23-/m0/s1. The first kappa shape index (κ1) is 21.5. The molecule has 7 nitrogen and oxygen atoms in total. The quantitative estimate of drug-likeness (QED) is 0.598. The highest BCUT2D eigenvalue weighted by Gasteiger charge is 2.48. The number of aliphatic hydroxyl groups is 3. The van der Waals surface area contributed by atoms with E-state index in [0.29, 0.717) is 19.4 Å². The number of aromatic nitrogens is 2. The number of epoxide rings is 1. The van der Waals surface area contributed by atoms with E-state index >= 15 is 0 Å². The second-order valence-electron chi connectivity index (χ2n) is 8.89. The number of pyridine rings is 1. The first-order valence-corrected chi connectivity index (χ1v) is 10.8. The van der Waals surface area contributed by atoms with Gasteiger partial charge < -0.3 is 29.2 Å². The van der Waals surface area contributed by atoms with Gasteiger partial charge in [-0.2, -0.15) is 0 Å². The molecule has 30 heavy (non-hydrogen) atoms. The molecular weight excluding hydrogens is 384 g/mol. The highest BCUT2D eigenvalue weighted by molar-refractivity contribution is 5.54. The van der Waals surface area contributed by atoms with Gasteiger partial charge in [0.2, 0.25) is 0 Å². The molecule has 0 saturated carbocycles. The second-order valence-corrected chi connectivity index (χ2v) is 8.89. The Morgan fingerprint density at radius 3 is 2.83 bits per heavy atom. The summed E-state index contributed by atoms with van der Waals surface area (Å²) in [5.74, 6) is 0.713. The molecule has 3 N–H and O–H groups in total. The van der Waals surface area contributed by atoms with Gasteiger partial charge in [-0.15, -0.1) is 0 Å². The fraction of sp³-hybridized carbons (Fsp3) is 0.609. The largest absolute Gasteiger partial charge is 0.393 e. The van der Waals surface area contributed by atoms with Crippen molar-refractivity contribution >= 4 is 11.6 Å². The number of nitrogens with zero attached hydrogens (tertiary/aromatic N) is 2. The van der Waals surface area contributed by atoms with Crippen LogP contribution in [0.4, 0.5) is 0 Å². The van der Waals surface area contributed by atoms with Crippen molar-refractivity contribution < 1.29 is 24.8 Å². The molecule has 8 atom stereocenters. The summed E-state index contributed by atoms with van der Waals surface area (Å²) in [5, 5.41) is 31.0. The first-order chi connectivity index (χ1) is 14.3. The van der Waals surface area contributed by atoms with E-state index in [-0.39, 0.29) is 24.0 Å². The Kier molecular flexibility index (Phi) is 6.27. The summed E-state index contributed by atoms with van der Waals surface area (Å²) in [5.41, 5.74) is 2.05. The number of aliphatic hydroxyl groups excluding tert-OH is 3. The molecule has 2 fully saturated rings. The average molecular weight is 417 g/mol. The maximum absolute atomic E-state index is 10.7. The lowest BCUT2D eigenvalue weighted by molar-refractivity contribution is -0.165. The van der Waals surface area contributed by atoms with Crippen LogP contribution in [0.25, 0.3) is 11.6 Å². The molecule has 4 heterocycles. The van der Waals surface area contributed by atoms with Gasteiger partial charge in [-0.25, -0.2) is 4.98 Å². The van der Waals surface area contributed by atoms with Crippen molar-refractivity contribution in [2.24, 2.45) is 11.8 Å². The lowest BCUT2D eigenvalue weighted by atomic mass is 9.85. The summed E-state index contributed by atoms with van der Waals surface area (Å²) in [6.45, 7) is 6.10. The zero-order valence-electron chi connectivity index (χ0n) is 17.8. The minimum atomic E-state index is -0.949. The van der Waals surface area contributed by atoms with Gasteiger partial charge in [-0.05, 0) is 44.9 Å². The molecule has 4 rings (SSSR count). The van der Waals surface area contributed by atoms with Crippen molar-refractivity contribution in [1.82, 2.24) is 9.38 Å². The zero-order chi connectivity index (χ0) is 21.4. The summed E-state index contributed by atoms with van der Waals surface area (Å²) < 4.78 is 13.6. The molecule has 0 unspecified atom stereocenters. The average Bonchev–Trinajstić information content (AvgIpc) is 3.38. The molecule has 7 heteroatoms. The van der Waals surface area contributed by atoms with Crippen LogP contribution in [-0.4, -0.2) is 67.9 Å². The van der Waals surface area contributed by atoms with Gasteiger partial charge in [0.25, 0.3) is 0 Å². The Hall–Kier alpha value is -1.77. The summed E-state index contributed by atoms with van der Waals surface area (Å²) in [6, 6.07) is 5.93. The van der Waals surface area contributed by atoms with Crippen LogP contribution in [0.3, 0.4) is 0 Å². The SMILES string of the molecule is C/C(=C\c1ncc2ccccn12)C[C@@H]1OC[C@H](C[C@@H]2O[C@H]2[C@@H](C)[C@H](C)O)[C@@H](O)[C@H]1O. The van der Waals surface area contributed by atoms with E-state index in [2.05, 4.69) is 4.98 Å². The molecular formula is C23H32N2O5. The van der Waals surface area contributed by atoms with E-state index in [1.54, 1.807) is 6.92 Å². The fourth-order valence-corrected chi connectivity index (χ4v) is 4.38. The Morgan fingerprint density at radius 2 is 2.07 bits per heavy atom. The summed E-state index contributed by atoms with van der Waals surface area (Å²) in [4.78, 5) is 4.45. The normalized spacial score (nSPS) is 34.1. The predicted octanol–water partition coefficient (Wildman–Crippen LogP) is 2.04. The van der Waals surface area contributed by atoms with E-state index < -0.39 is 24.4 Å². The molecule has 0 spiro atoms. The Balaban J connectivity index is 1.33. The van der Waals surface area contributed by atoms with Crippen molar-refractivity contribution in [2.45, 2.75) is 70.2 Å². The lowest BCUT2D eigenvalue weighted by Gasteiger charge is -2.38. The van der Waals surface area contributed by atoms with Crippen LogP contribution >= 0.6 is 0 Å². The highest BCUT2D eigenvalue weighted by Crippen LogP contribution is 2.38. The second kappa shape index (κ2) is 8.77. The van der Waals surface area contributed by atoms with Crippen molar-refractivity contribution in [1.29, 1.82) is 0 Å². The van der Waals surface area contributed by atoms with Crippen LogP contribution in [-0.2, 0) is 9.47 Å². The number of imidazole rings is 1. The van der Waals surface area contributed by atoms with Gasteiger partial charge in [0, 0.05) is 18.0 Å². The molecule has 2 saturated heterocycles. The maximum Gasteiger partial charge on any atom is 0.137 e. The summed E-state index contributed by atoms with van der Waals surface area (Å²) in [6.07, 6.45) is 4.27. The van der Waals surface area contributed by atoms with Crippen molar-refractivity contribution in [3.63, 3.8) is 0 Å². The molecule has 0 amide bonds. The van der Waals surface area contributed by atoms with Gasteiger partial charge in [0.1, 0.15) is 11.9 Å². The van der Waals surface area contributed by atoms with Crippen LogP contribution in [0, 0.1) is 11.8 Å². The van der Waals surface area contributed by atoms with E-state index in [1.165, 1.54) is 0 Å². The Labute approximate surface area is 177 Å². The van der Waals surface area contributed by atoms with Crippen LogP contribution < -0.4 is 0 Å². The number of hydrogen-bond donors (Lipinski definition) is 3. The first-order valence-electron chi connectivity index (χ1n) is 10.8. The highest BCUT2D eigenvalue weighted by atomic mass is 16.6. The fourth-order valence-electron chi connectivity index (χ4n) is 4.38. The number of ether oxygens (including phenoxy) is 2. The van der Waals surface area contributed by atoms with Crippen LogP contribution in [0.15, 0.2) is 36.2 Å². The number of fused-ring (bicyclic) bond motifs is 1. The molecule has 0 aliphatic carbocycles. The minimum absolute atomic E-state index is 0.0111. The zero-order valence-corrected chi connectivity index (χ0v) is 17.8. The Bertz CT molecular complexity index is 895. The number of rotatable bonds is 7. The third kappa shape index (κ3) is 4.45. The van der Waals surface area contributed by atoms with Gasteiger partial charge in [0.05, 0.1) is 48.8 Å². The topological polar surface area (TPSA) is 99.8 Å². The van der Waals surface area contributed by atoms with Crippen LogP contribution in [0.2, 0.25) is 0 Å². The Morgan fingerprint density at radius 1 is 1.27 bits per heavy atom. The third-order valence-electron chi connectivity index (χ3n) is 6.54. The van der Waals surface area contributed by atoms with E-state index in [1.807, 2.05) is 54.9 Å². The van der Waals surface area contributed by atoms with Crippen LogP contribution in [0.5, 0.6) is 0 Å². The van der Waals surface area contributed by atoms with E-state index in [4.69, 9.17) is 9.47 Å². The maximum atomic E-state index is 10.7. The van der Waals surface area contributed by atoms with Crippen LogP contribution in [0.1, 0.15) is 39.4 Å². The third-order valence-corrected chi connectivity index (χ3v) is 6.54. The van der Waals surface area contributed by atoms with E-state index in [9.17, 15) is 15.3 Å². The summed E-state index contributed by atoms with van der Waals surface area (Å²) >= 11 is 0. The monoisotopic (exact) mass is 416 g/mol. The number of hydrogen-bond acceptors (Lipinski definition) is 6. The molecule has 2 aromatic heterocycles. The predicted molar refractivity (Wildman–Crippen MR) is 113 cm³/mol. The van der Waals surface area contributed by atoms with Crippen molar-refractivity contribution in [3.05, 3.63) is 42.0 Å². The van der Waals surface area contributed by atoms with Gasteiger partial charge in [-0.3, -0.25) is 0 Å². The van der Waals surface area contributed by atoms with Crippen molar-refractivity contribution in [3.8, 4) is 0 Å². The van der Waals surface area contributed by atoms with Gasteiger partial charge in [0.15, 0.2) is 0 Å². The van der Waals surface area contributed by atoms with Crippen molar-refractivity contribution in [2.75, 3.05) is 6.61 Å². The molecule has 2 aliphatic heterocycles. The van der Waals surface area contributed by atoms with E-state index in [0.717, 1.165) is 16.9 Å². The smallest absolute Gasteiger partial charge is 0.137 e. The van der Waals surface area contributed by atoms with Gasteiger partial charge >= 0.3 is 0 Å². The molecule has 164 valence electrons.